The summed E-state index contributed by atoms with van der Waals surface area (Å²) >= 11 is 7.52. The van der Waals surface area contributed by atoms with Crippen LogP contribution in [0.1, 0.15) is 5.56 Å². The van der Waals surface area contributed by atoms with Crippen molar-refractivity contribution in [2.45, 2.75) is 0 Å². The lowest BCUT2D eigenvalue weighted by Gasteiger charge is -2.05. The summed E-state index contributed by atoms with van der Waals surface area (Å²) in [5.41, 5.74) is 1.39. The third-order valence-electron chi connectivity index (χ3n) is 2.61. The van der Waals surface area contributed by atoms with Crippen molar-refractivity contribution in [2.24, 2.45) is 4.99 Å². The summed E-state index contributed by atoms with van der Waals surface area (Å²) in [6, 6.07) is 7.39. The van der Waals surface area contributed by atoms with E-state index in [0.29, 0.717) is 10.7 Å². The zero-order valence-electron chi connectivity index (χ0n) is 8.89. The molecule has 1 amide bonds. The van der Waals surface area contributed by atoms with Crippen LogP contribution in [0.25, 0.3) is 6.08 Å². The number of amides is 1. The average molecular weight is 265 g/mol. The van der Waals surface area contributed by atoms with E-state index in [4.69, 9.17) is 11.6 Å². The van der Waals surface area contributed by atoms with Crippen molar-refractivity contribution in [1.29, 1.82) is 0 Å². The summed E-state index contributed by atoms with van der Waals surface area (Å²) in [5.74, 6) is 0.930. The zero-order valence-corrected chi connectivity index (χ0v) is 10.5. The van der Waals surface area contributed by atoms with Gasteiger partial charge in [0.05, 0.1) is 0 Å². The molecule has 0 atom stereocenters. The van der Waals surface area contributed by atoms with E-state index in [1.807, 2.05) is 18.2 Å². The van der Waals surface area contributed by atoms with Gasteiger partial charge in [-0.2, -0.15) is 0 Å². The molecule has 1 aromatic rings. The van der Waals surface area contributed by atoms with E-state index in [1.165, 1.54) is 0 Å². The predicted octanol–water partition coefficient (Wildman–Crippen LogP) is 2.63. The van der Waals surface area contributed by atoms with Crippen LogP contribution in [-0.2, 0) is 4.79 Å². The highest BCUT2D eigenvalue weighted by Gasteiger charge is 2.33. The third kappa shape index (κ3) is 1.98. The van der Waals surface area contributed by atoms with Gasteiger partial charge in [0.25, 0.3) is 5.91 Å². The number of benzene rings is 1. The SMILES string of the molecule is O=C1/C(=C/c2cccc(Cl)c2)N=C2SCCN12. The molecule has 17 heavy (non-hydrogen) atoms. The van der Waals surface area contributed by atoms with E-state index in [-0.39, 0.29) is 5.91 Å². The minimum atomic E-state index is -0.00928. The Kier molecular flexibility index (Phi) is 2.68. The molecule has 0 bridgehead atoms. The maximum atomic E-state index is 12.0. The minimum absolute atomic E-state index is 0.00928. The van der Waals surface area contributed by atoms with Crippen LogP contribution in [-0.4, -0.2) is 28.3 Å². The van der Waals surface area contributed by atoms with E-state index < -0.39 is 0 Å². The molecule has 0 saturated carbocycles. The van der Waals surface area contributed by atoms with Crippen molar-refractivity contribution < 1.29 is 4.79 Å². The number of carbonyl (C=O) groups is 1. The molecule has 2 heterocycles. The largest absolute Gasteiger partial charge is 0.285 e. The highest BCUT2D eigenvalue weighted by Crippen LogP contribution is 2.28. The fourth-order valence-corrected chi connectivity index (χ4v) is 2.97. The van der Waals surface area contributed by atoms with Crippen LogP contribution in [0.15, 0.2) is 35.0 Å². The molecule has 0 aliphatic carbocycles. The molecule has 2 aliphatic heterocycles. The van der Waals surface area contributed by atoms with Gasteiger partial charge in [-0.25, -0.2) is 4.99 Å². The Morgan fingerprint density at radius 1 is 1.47 bits per heavy atom. The monoisotopic (exact) mass is 264 g/mol. The van der Waals surface area contributed by atoms with Gasteiger partial charge in [-0.15, -0.1) is 0 Å². The summed E-state index contributed by atoms with van der Waals surface area (Å²) in [5, 5.41) is 1.48. The Morgan fingerprint density at radius 3 is 3.12 bits per heavy atom. The molecule has 2 aliphatic rings. The molecule has 1 fully saturated rings. The quantitative estimate of drug-likeness (QED) is 0.731. The second-order valence-electron chi connectivity index (χ2n) is 3.78. The van der Waals surface area contributed by atoms with Gasteiger partial charge in [0.1, 0.15) is 5.70 Å². The zero-order chi connectivity index (χ0) is 11.8. The molecule has 0 spiro atoms. The highest BCUT2D eigenvalue weighted by atomic mass is 35.5. The number of amidine groups is 1. The maximum absolute atomic E-state index is 12.0. The molecule has 1 saturated heterocycles. The van der Waals surface area contributed by atoms with Crippen molar-refractivity contribution in [2.75, 3.05) is 12.3 Å². The molecule has 0 radical (unpaired) electrons. The molecule has 0 unspecified atom stereocenters. The number of nitrogens with zero attached hydrogens (tertiary/aromatic N) is 2. The average Bonchev–Trinajstić information content (AvgIpc) is 2.84. The predicted molar refractivity (Wildman–Crippen MR) is 71.0 cm³/mol. The second kappa shape index (κ2) is 4.20. The van der Waals surface area contributed by atoms with E-state index in [9.17, 15) is 4.79 Å². The van der Waals surface area contributed by atoms with Gasteiger partial charge in [0.2, 0.25) is 0 Å². The van der Waals surface area contributed by atoms with Gasteiger partial charge in [-0.3, -0.25) is 9.69 Å². The number of hydrogen-bond acceptors (Lipinski definition) is 3. The fourth-order valence-electron chi connectivity index (χ4n) is 1.82. The molecule has 0 aromatic heterocycles. The first kappa shape index (κ1) is 10.9. The van der Waals surface area contributed by atoms with E-state index in [2.05, 4.69) is 4.99 Å². The van der Waals surface area contributed by atoms with Gasteiger partial charge >= 0.3 is 0 Å². The lowest BCUT2D eigenvalue weighted by Crippen LogP contribution is -2.26. The number of halogens is 1. The van der Waals surface area contributed by atoms with E-state index in [0.717, 1.165) is 23.0 Å². The first-order chi connectivity index (χ1) is 8.24. The number of thioether (sulfide) groups is 1. The van der Waals surface area contributed by atoms with Gasteiger partial charge in [-0.05, 0) is 23.8 Å². The number of fused-ring (bicyclic) bond motifs is 1. The summed E-state index contributed by atoms with van der Waals surface area (Å²) in [6.07, 6.45) is 1.78. The van der Waals surface area contributed by atoms with Crippen LogP contribution in [0.5, 0.6) is 0 Å². The Labute approximate surface area is 108 Å². The van der Waals surface area contributed by atoms with Crippen LogP contribution in [0, 0.1) is 0 Å². The minimum Gasteiger partial charge on any atom is -0.285 e. The van der Waals surface area contributed by atoms with Crippen molar-refractivity contribution in [3.8, 4) is 0 Å². The summed E-state index contributed by atoms with van der Waals surface area (Å²) in [4.78, 5) is 18.0. The molecule has 86 valence electrons. The summed E-state index contributed by atoms with van der Waals surface area (Å²) in [7, 11) is 0. The molecule has 1 aromatic carbocycles. The number of carbonyl (C=O) groups excluding carboxylic acids is 1. The second-order valence-corrected chi connectivity index (χ2v) is 5.28. The van der Waals surface area contributed by atoms with Crippen LogP contribution in [0.3, 0.4) is 0 Å². The molecule has 5 heteroatoms. The van der Waals surface area contributed by atoms with Crippen molar-refractivity contribution in [1.82, 2.24) is 4.90 Å². The van der Waals surface area contributed by atoms with Crippen LogP contribution >= 0.6 is 23.4 Å². The van der Waals surface area contributed by atoms with Gasteiger partial charge in [-0.1, -0.05) is 35.5 Å². The lowest BCUT2D eigenvalue weighted by atomic mass is 10.2. The van der Waals surface area contributed by atoms with Crippen molar-refractivity contribution in [3.05, 3.63) is 40.5 Å². The van der Waals surface area contributed by atoms with Crippen LogP contribution in [0.4, 0.5) is 0 Å². The lowest BCUT2D eigenvalue weighted by molar-refractivity contribution is -0.122. The normalized spacial score (nSPS) is 21.0. The van der Waals surface area contributed by atoms with E-state index in [1.54, 1.807) is 28.8 Å². The topological polar surface area (TPSA) is 32.7 Å². The Bertz CT molecular complexity index is 553. The van der Waals surface area contributed by atoms with Gasteiger partial charge < -0.3 is 0 Å². The first-order valence-corrected chi connectivity index (χ1v) is 6.61. The Morgan fingerprint density at radius 2 is 2.35 bits per heavy atom. The summed E-state index contributed by atoms with van der Waals surface area (Å²) < 4.78 is 0. The van der Waals surface area contributed by atoms with Gasteiger partial charge in [0.15, 0.2) is 5.17 Å². The van der Waals surface area contributed by atoms with Crippen LogP contribution in [0.2, 0.25) is 5.02 Å². The number of rotatable bonds is 1. The van der Waals surface area contributed by atoms with E-state index >= 15 is 0 Å². The molecular formula is C12H9ClN2OS. The maximum Gasteiger partial charge on any atom is 0.278 e. The molecule has 3 nitrogen and oxygen atoms in total. The number of hydrogen-bond donors (Lipinski definition) is 0. The van der Waals surface area contributed by atoms with Gasteiger partial charge in [0, 0.05) is 17.3 Å². The van der Waals surface area contributed by atoms with Crippen molar-refractivity contribution in [3.63, 3.8) is 0 Å². The number of aliphatic imine (C=N–C) groups is 1. The molecule has 0 N–H and O–H groups in total. The van der Waals surface area contributed by atoms with Crippen LogP contribution < -0.4 is 0 Å². The molecular weight excluding hydrogens is 256 g/mol. The first-order valence-electron chi connectivity index (χ1n) is 5.25. The molecule has 3 rings (SSSR count). The smallest absolute Gasteiger partial charge is 0.278 e. The standard InChI is InChI=1S/C12H9ClN2OS/c13-9-3-1-2-8(6-9)7-10-11(16)15-4-5-17-12(15)14-10/h1-3,6-7H,4-5H2/b10-7-. The Balaban J connectivity index is 1.95. The highest BCUT2D eigenvalue weighted by molar-refractivity contribution is 8.14. The van der Waals surface area contributed by atoms with Crippen molar-refractivity contribution >= 4 is 40.5 Å². The Hall–Kier alpha value is -1.26. The fraction of sp³-hybridized carbons (Fsp3) is 0.167. The summed E-state index contributed by atoms with van der Waals surface area (Å²) in [6.45, 7) is 0.759. The third-order valence-corrected chi connectivity index (χ3v) is 3.80.